The van der Waals surface area contributed by atoms with Crippen LogP contribution in [0.25, 0.3) is 6.08 Å². The number of ether oxygens (including phenoxy) is 1. The van der Waals surface area contributed by atoms with Crippen molar-refractivity contribution in [1.82, 2.24) is 4.98 Å². The zero-order valence-electron chi connectivity index (χ0n) is 11.4. The molecule has 112 valence electrons. The number of aromatic hydroxyl groups is 1. The number of hydrogen-bond acceptors (Lipinski definition) is 7. The van der Waals surface area contributed by atoms with Gasteiger partial charge >= 0.3 is 0 Å². The molecule has 2 heterocycles. The monoisotopic (exact) mass is 333 g/mol. The molecule has 1 aliphatic heterocycles. The van der Waals surface area contributed by atoms with E-state index in [-0.39, 0.29) is 16.8 Å². The highest BCUT2D eigenvalue weighted by atomic mass is 32.2. The number of thiazole rings is 1. The number of rotatable bonds is 3. The maximum absolute atomic E-state index is 12.4. The smallest absolute Gasteiger partial charge is 0.273 e. The number of nitrogens with zero attached hydrogens (tertiary/aromatic N) is 2. The largest absolute Gasteiger partial charge is 0.504 e. The molecule has 0 bridgehead atoms. The molecule has 1 fully saturated rings. The third kappa shape index (κ3) is 2.58. The van der Waals surface area contributed by atoms with Gasteiger partial charge in [0.2, 0.25) is 0 Å². The highest BCUT2D eigenvalue weighted by molar-refractivity contribution is 8.19. The number of phenolic OH excluding ortho intramolecular Hbond substituents is 1. The number of hydrogen-bond donors (Lipinski definition) is 2. The summed E-state index contributed by atoms with van der Waals surface area (Å²) >= 11 is 2.38. The zero-order valence-corrected chi connectivity index (χ0v) is 13.1. The molecule has 2 N–H and O–H groups in total. The lowest BCUT2D eigenvalue weighted by molar-refractivity contribution is -0.113. The third-order valence-electron chi connectivity index (χ3n) is 2.94. The van der Waals surface area contributed by atoms with E-state index < -0.39 is 0 Å². The number of amidine groups is 1. The van der Waals surface area contributed by atoms with Crippen molar-refractivity contribution in [3.63, 3.8) is 0 Å². The van der Waals surface area contributed by atoms with Crippen molar-refractivity contribution < 1.29 is 14.6 Å². The van der Waals surface area contributed by atoms with Gasteiger partial charge < -0.3 is 9.84 Å². The van der Waals surface area contributed by atoms with Crippen molar-refractivity contribution in [3.8, 4) is 11.5 Å². The van der Waals surface area contributed by atoms with Crippen LogP contribution >= 0.6 is 23.1 Å². The molecule has 0 atom stereocenters. The van der Waals surface area contributed by atoms with Crippen LogP contribution in [0.3, 0.4) is 0 Å². The Morgan fingerprint density at radius 1 is 1.45 bits per heavy atom. The molecule has 0 saturated carbocycles. The highest BCUT2D eigenvalue weighted by Gasteiger charge is 2.34. The molecule has 6 nitrogen and oxygen atoms in total. The third-order valence-corrected chi connectivity index (χ3v) is 4.58. The number of phenols is 1. The Hall–Kier alpha value is -2.32. The number of benzene rings is 1. The molecule has 0 spiro atoms. The maximum Gasteiger partial charge on any atom is 0.273 e. The molecule has 0 radical (unpaired) electrons. The average Bonchev–Trinajstić information content (AvgIpc) is 3.10. The summed E-state index contributed by atoms with van der Waals surface area (Å²) in [4.78, 5) is 18.2. The van der Waals surface area contributed by atoms with E-state index in [1.54, 1.807) is 29.8 Å². The number of amides is 1. The second-order valence-electron chi connectivity index (χ2n) is 4.30. The van der Waals surface area contributed by atoms with Gasteiger partial charge in [-0.05, 0) is 35.5 Å². The Kier molecular flexibility index (Phi) is 3.86. The van der Waals surface area contributed by atoms with Gasteiger partial charge in [0, 0.05) is 11.6 Å². The van der Waals surface area contributed by atoms with Crippen LogP contribution in [0.1, 0.15) is 5.56 Å². The predicted molar refractivity (Wildman–Crippen MR) is 87.6 cm³/mol. The van der Waals surface area contributed by atoms with E-state index in [0.29, 0.717) is 21.3 Å². The molecule has 22 heavy (non-hydrogen) atoms. The summed E-state index contributed by atoms with van der Waals surface area (Å²) in [5.41, 5.74) is 0.708. The molecular weight excluding hydrogens is 322 g/mol. The lowest BCUT2D eigenvalue weighted by Crippen LogP contribution is -2.27. The van der Waals surface area contributed by atoms with Crippen molar-refractivity contribution in [2.75, 3.05) is 12.0 Å². The van der Waals surface area contributed by atoms with Crippen molar-refractivity contribution in [2.24, 2.45) is 0 Å². The Morgan fingerprint density at radius 3 is 2.95 bits per heavy atom. The molecule has 1 aliphatic rings. The number of carbonyl (C=O) groups excluding carboxylic acids is 1. The minimum Gasteiger partial charge on any atom is -0.504 e. The zero-order chi connectivity index (χ0) is 15.7. The standard InChI is InChI=1S/C14H11N3O3S2/c1-20-10-6-8(2-3-9(10)18)7-11-12(19)17(13(15)22-11)14-16-4-5-21-14/h2-7,15,18H,1H3/b11-7-,15-13?. The second kappa shape index (κ2) is 5.82. The Bertz CT molecular complexity index is 772. The fraction of sp³-hybridized carbons (Fsp3) is 0.0714. The van der Waals surface area contributed by atoms with Gasteiger partial charge in [0.25, 0.3) is 5.91 Å². The molecule has 0 aliphatic carbocycles. The van der Waals surface area contributed by atoms with E-state index in [4.69, 9.17) is 10.1 Å². The van der Waals surface area contributed by atoms with E-state index in [1.807, 2.05) is 0 Å². The molecule has 0 unspecified atom stereocenters. The first-order valence-corrected chi connectivity index (χ1v) is 7.89. The van der Waals surface area contributed by atoms with E-state index in [0.717, 1.165) is 11.8 Å². The normalized spacial score (nSPS) is 16.6. The summed E-state index contributed by atoms with van der Waals surface area (Å²) < 4.78 is 5.05. The molecule has 1 saturated heterocycles. The number of aromatic nitrogens is 1. The van der Waals surface area contributed by atoms with Crippen LogP contribution in [-0.2, 0) is 4.79 Å². The van der Waals surface area contributed by atoms with Crippen LogP contribution in [0.2, 0.25) is 0 Å². The van der Waals surface area contributed by atoms with Crippen molar-refractivity contribution in [1.29, 1.82) is 5.41 Å². The van der Waals surface area contributed by atoms with Gasteiger partial charge in [0.05, 0.1) is 12.0 Å². The first-order valence-electron chi connectivity index (χ1n) is 6.19. The van der Waals surface area contributed by atoms with Gasteiger partial charge in [-0.2, -0.15) is 0 Å². The van der Waals surface area contributed by atoms with Gasteiger partial charge in [-0.3, -0.25) is 10.2 Å². The second-order valence-corrected chi connectivity index (χ2v) is 6.21. The quantitative estimate of drug-likeness (QED) is 0.844. The number of methoxy groups -OCH3 is 1. The first-order chi connectivity index (χ1) is 10.6. The predicted octanol–water partition coefficient (Wildman–Crippen LogP) is 2.91. The number of nitrogens with one attached hydrogen (secondary N) is 1. The van der Waals surface area contributed by atoms with Gasteiger partial charge in [0.15, 0.2) is 21.8 Å². The van der Waals surface area contributed by atoms with E-state index in [2.05, 4.69) is 4.98 Å². The summed E-state index contributed by atoms with van der Waals surface area (Å²) in [7, 11) is 1.46. The Balaban J connectivity index is 1.93. The topological polar surface area (TPSA) is 86.5 Å². The number of anilines is 1. The Morgan fingerprint density at radius 2 is 2.27 bits per heavy atom. The summed E-state index contributed by atoms with van der Waals surface area (Å²) in [6.45, 7) is 0. The van der Waals surface area contributed by atoms with Crippen LogP contribution in [0.15, 0.2) is 34.7 Å². The summed E-state index contributed by atoms with van der Waals surface area (Å²) in [5.74, 6) is 0.0841. The minimum atomic E-state index is -0.281. The average molecular weight is 333 g/mol. The van der Waals surface area contributed by atoms with E-state index in [9.17, 15) is 9.90 Å². The van der Waals surface area contributed by atoms with Crippen LogP contribution < -0.4 is 9.64 Å². The summed E-state index contributed by atoms with van der Waals surface area (Å²) in [6, 6.07) is 4.81. The van der Waals surface area contributed by atoms with Gasteiger partial charge in [-0.25, -0.2) is 9.88 Å². The van der Waals surface area contributed by atoms with Crippen LogP contribution in [0.5, 0.6) is 11.5 Å². The summed E-state index contributed by atoms with van der Waals surface area (Å²) in [5, 5.41) is 19.9. The summed E-state index contributed by atoms with van der Waals surface area (Å²) in [6.07, 6.45) is 3.26. The number of carbonyl (C=O) groups is 1. The van der Waals surface area contributed by atoms with Gasteiger partial charge in [0.1, 0.15) is 0 Å². The van der Waals surface area contributed by atoms with Crippen LogP contribution in [0, 0.1) is 5.41 Å². The molecule has 1 aromatic carbocycles. The van der Waals surface area contributed by atoms with Gasteiger partial charge in [-0.1, -0.05) is 6.07 Å². The maximum atomic E-state index is 12.4. The fourth-order valence-electron chi connectivity index (χ4n) is 1.92. The van der Waals surface area contributed by atoms with Crippen LogP contribution in [0.4, 0.5) is 5.13 Å². The molecule has 1 aromatic heterocycles. The van der Waals surface area contributed by atoms with Crippen LogP contribution in [-0.4, -0.2) is 28.3 Å². The lowest BCUT2D eigenvalue weighted by Gasteiger charge is -2.09. The Labute approximate surface area is 134 Å². The van der Waals surface area contributed by atoms with Gasteiger partial charge in [-0.15, -0.1) is 11.3 Å². The first kappa shape index (κ1) is 14.6. The van der Waals surface area contributed by atoms with Crippen molar-refractivity contribution in [2.45, 2.75) is 0 Å². The number of thioether (sulfide) groups is 1. The fourth-order valence-corrected chi connectivity index (χ4v) is 3.47. The van der Waals surface area contributed by atoms with Crippen molar-refractivity contribution >= 4 is 45.4 Å². The molecule has 3 rings (SSSR count). The molecule has 1 amide bonds. The molecular formula is C14H11N3O3S2. The van der Waals surface area contributed by atoms with E-state index >= 15 is 0 Å². The minimum absolute atomic E-state index is 0.0345. The highest BCUT2D eigenvalue weighted by Crippen LogP contribution is 2.36. The molecule has 8 heteroatoms. The lowest BCUT2D eigenvalue weighted by atomic mass is 10.2. The SMILES string of the molecule is COc1cc(/C=C2\SC(=N)N(c3nccs3)C2=O)ccc1O. The van der Waals surface area contributed by atoms with Crippen molar-refractivity contribution in [3.05, 3.63) is 40.2 Å². The molecule has 2 aromatic rings. The van der Waals surface area contributed by atoms with E-state index in [1.165, 1.54) is 29.4 Å².